The van der Waals surface area contributed by atoms with Gasteiger partial charge in [-0.3, -0.25) is 9.69 Å². The third-order valence-electron chi connectivity index (χ3n) is 7.03. The number of nitrogens with one attached hydrogen (secondary N) is 2. The quantitative estimate of drug-likeness (QED) is 0.305. The summed E-state index contributed by atoms with van der Waals surface area (Å²) in [7, 11) is 1.56. The molecule has 0 heterocycles. The summed E-state index contributed by atoms with van der Waals surface area (Å²) in [5.74, 6) is -0.309. The Morgan fingerprint density at radius 2 is 1.44 bits per heavy atom. The lowest BCUT2D eigenvalue weighted by atomic mass is 9.98. The van der Waals surface area contributed by atoms with Crippen molar-refractivity contribution in [2.45, 2.75) is 57.7 Å². The highest BCUT2D eigenvalue weighted by Crippen LogP contribution is 2.44. The van der Waals surface area contributed by atoms with Crippen molar-refractivity contribution in [2.75, 3.05) is 20.2 Å². The average Bonchev–Trinajstić information content (AvgIpc) is 3.27. The third-order valence-corrected chi connectivity index (χ3v) is 7.03. The fraction of sp³-hybridized carbons (Fsp3) is 0.364. The smallest absolute Gasteiger partial charge is 0.410 e. The van der Waals surface area contributed by atoms with Crippen molar-refractivity contribution in [1.82, 2.24) is 15.5 Å². The van der Waals surface area contributed by atoms with Gasteiger partial charge in [-0.25, -0.2) is 9.59 Å². The number of nitrogens with zero attached hydrogens (tertiary/aromatic N) is 1. The van der Waals surface area contributed by atoms with Gasteiger partial charge in [-0.2, -0.15) is 0 Å². The molecule has 0 unspecified atom stereocenters. The maximum absolute atomic E-state index is 13.1. The average molecular weight is 558 g/mol. The van der Waals surface area contributed by atoms with Crippen molar-refractivity contribution in [2.24, 2.45) is 0 Å². The molecule has 1 aliphatic rings. The standard InChI is InChI=1S/C33H39N3O5/c1-33(2,3)41-32(39)36(4)29(30(37)35-21-23-13-6-5-7-14-23)19-12-20-34-31(38)40-22-28-26-17-10-8-15-24(26)25-16-9-11-18-27(25)28/h5-11,13-18,28-29H,12,19-22H2,1-4H3,(H,34,38)(H,35,37)/t29-/m0/s1. The molecule has 2 N–H and O–H groups in total. The summed E-state index contributed by atoms with van der Waals surface area (Å²) in [5, 5.41) is 5.70. The Kier molecular flexibility index (Phi) is 9.65. The number of rotatable bonds is 10. The highest BCUT2D eigenvalue weighted by atomic mass is 16.6. The summed E-state index contributed by atoms with van der Waals surface area (Å²) in [4.78, 5) is 39.8. The predicted molar refractivity (Wildman–Crippen MR) is 158 cm³/mol. The van der Waals surface area contributed by atoms with Crippen LogP contribution in [0.2, 0.25) is 0 Å². The Bertz CT molecular complexity index is 1310. The minimum atomic E-state index is -0.766. The largest absolute Gasteiger partial charge is 0.449 e. The van der Waals surface area contributed by atoms with E-state index in [1.807, 2.05) is 54.6 Å². The van der Waals surface area contributed by atoms with Crippen molar-refractivity contribution in [1.29, 1.82) is 0 Å². The number of amides is 3. The Labute approximate surface area is 242 Å². The van der Waals surface area contributed by atoms with Crippen molar-refractivity contribution < 1.29 is 23.9 Å². The molecule has 0 bridgehead atoms. The van der Waals surface area contributed by atoms with Gasteiger partial charge < -0.3 is 20.1 Å². The van der Waals surface area contributed by atoms with Gasteiger partial charge in [0.25, 0.3) is 0 Å². The van der Waals surface area contributed by atoms with Crippen LogP contribution in [0.4, 0.5) is 9.59 Å². The Morgan fingerprint density at radius 1 is 0.854 bits per heavy atom. The summed E-state index contributed by atoms with van der Waals surface area (Å²) in [6, 6.07) is 25.2. The van der Waals surface area contributed by atoms with E-state index in [1.54, 1.807) is 27.8 Å². The lowest BCUT2D eigenvalue weighted by Crippen LogP contribution is -2.49. The molecule has 8 nitrogen and oxygen atoms in total. The molecule has 3 aromatic carbocycles. The van der Waals surface area contributed by atoms with E-state index in [9.17, 15) is 14.4 Å². The molecular formula is C33H39N3O5. The van der Waals surface area contributed by atoms with Crippen LogP contribution in [0.25, 0.3) is 11.1 Å². The molecule has 1 aliphatic carbocycles. The van der Waals surface area contributed by atoms with E-state index in [1.165, 1.54) is 16.0 Å². The first-order valence-corrected chi connectivity index (χ1v) is 14.0. The van der Waals surface area contributed by atoms with E-state index in [-0.39, 0.29) is 18.4 Å². The summed E-state index contributed by atoms with van der Waals surface area (Å²) in [5.41, 5.74) is 4.90. The summed E-state index contributed by atoms with van der Waals surface area (Å²) in [6.07, 6.45) is -0.305. The number of likely N-dealkylation sites (N-methyl/N-ethyl adjacent to an activating group) is 1. The minimum absolute atomic E-state index is 0.0201. The molecule has 0 spiro atoms. The van der Waals surface area contributed by atoms with E-state index in [2.05, 4.69) is 34.9 Å². The minimum Gasteiger partial charge on any atom is -0.449 e. The van der Waals surface area contributed by atoms with Crippen LogP contribution in [-0.4, -0.2) is 54.8 Å². The first-order valence-electron chi connectivity index (χ1n) is 14.0. The van der Waals surface area contributed by atoms with Gasteiger partial charge in [0.2, 0.25) is 5.91 Å². The lowest BCUT2D eigenvalue weighted by molar-refractivity contribution is -0.126. The monoisotopic (exact) mass is 557 g/mol. The molecule has 1 atom stereocenters. The number of benzene rings is 3. The fourth-order valence-electron chi connectivity index (χ4n) is 5.00. The van der Waals surface area contributed by atoms with E-state index in [4.69, 9.17) is 9.47 Å². The van der Waals surface area contributed by atoms with Gasteiger partial charge in [0.15, 0.2) is 0 Å². The van der Waals surface area contributed by atoms with Gasteiger partial charge >= 0.3 is 12.2 Å². The van der Waals surface area contributed by atoms with Crippen LogP contribution in [0.5, 0.6) is 0 Å². The Balaban J connectivity index is 1.29. The van der Waals surface area contributed by atoms with Gasteiger partial charge in [0, 0.05) is 26.1 Å². The molecule has 0 radical (unpaired) electrons. The zero-order chi connectivity index (χ0) is 29.4. The number of carbonyl (C=O) groups is 3. The van der Waals surface area contributed by atoms with Crippen molar-refractivity contribution >= 4 is 18.1 Å². The van der Waals surface area contributed by atoms with Crippen molar-refractivity contribution in [3.05, 3.63) is 95.6 Å². The zero-order valence-corrected chi connectivity index (χ0v) is 24.2. The highest BCUT2D eigenvalue weighted by Gasteiger charge is 2.31. The van der Waals surface area contributed by atoms with Gasteiger partial charge in [0.05, 0.1) is 0 Å². The van der Waals surface area contributed by atoms with Gasteiger partial charge in [-0.15, -0.1) is 0 Å². The number of ether oxygens (including phenoxy) is 2. The van der Waals surface area contributed by atoms with Gasteiger partial charge in [-0.1, -0.05) is 78.9 Å². The van der Waals surface area contributed by atoms with Crippen LogP contribution in [0.1, 0.15) is 56.2 Å². The maximum atomic E-state index is 13.1. The molecule has 0 aliphatic heterocycles. The number of carbonyl (C=O) groups excluding carboxylic acids is 3. The normalized spacial score (nSPS) is 13.0. The summed E-state index contributed by atoms with van der Waals surface area (Å²) >= 11 is 0. The third kappa shape index (κ3) is 7.87. The van der Waals surface area contributed by atoms with E-state index in [0.29, 0.717) is 25.9 Å². The second kappa shape index (κ2) is 13.4. The van der Waals surface area contributed by atoms with Gasteiger partial charge in [-0.05, 0) is 61.4 Å². The molecule has 0 fully saturated rings. The van der Waals surface area contributed by atoms with Crippen LogP contribution in [0, 0.1) is 0 Å². The van der Waals surface area contributed by atoms with Gasteiger partial charge in [0.1, 0.15) is 18.2 Å². The first-order chi connectivity index (χ1) is 19.6. The van der Waals surface area contributed by atoms with Crippen molar-refractivity contribution in [3.63, 3.8) is 0 Å². The van der Waals surface area contributed by atoms with Crippen LogP contribution in [-0.2, 0) is 20.8 Å². The van der Waals surface area contributed by atoms with E-state index in [0.717, 1.165) is 16.7 Å². The lowest BCUT2D eigenvalue weighted by Gasteiger charge is -2.30. The topological polar surface area (TPSA) is 97.0 Å². The molecule has 3 aromatic rings. The molecule has 0 saturated heterocycles. The summed E-state index contributed by atoms with van der Waals surface area (Å²) in [6.45, 7) is 6.20. The Morgan fingerprint density at radius 3 is 2.05 bits per heavy atom. The van der Waals surface area contributed by atoms with E-state index >= 15 is 0 Å². The Hall–Kier alpha value is -4.33. The molecule has 216 valence electrons. The molecule has 0 aromatic heterocycles. The van der Waals surface area contributed by atoms with Crippen LogP contribution >= 0.6 is 0 Å². The molecule has 8 heteroatoms. The van der Waals surface area contributed by atoms with Crippen molar-refractivity contribution in [3.8, 4) is 11.1 Å². The van der Waals surface area contributed by atoms with Crippen LogP contribution < -0.4 is 10.6 Å². The fourth-order valence-corrected chi connectivity index (χ4v) is 5.00. The second-order valence-electron chi connectivity index (χ2n) is 11.2. The molecule has 0 saturated carbocycles. The number of hydrogen-bond acceptors (Lipinski definition) is 5. The maximum Gasteiger partial charge on any atom is 0.410 e. The first kappa shape index (κ1) is 29.6. The SMILES string of the molecule is CN(C(=O)OC(C)(C)C)[C@@H](CCCNC(=O)OCC1c2ccccc2-c2ccccc21)C(=O)NCc1ccccc1. The number of alkyl carbamates (subject to hydrolysis) is 1. The summed E-state index contributed by atoms with van der Waals surface area (Å²) < 4.78 is 11.1. The molecule has 41 heavy (non-hydrogen) atoms. The van der Waals surface area contributed by atoms with E-state index < -0.39 is 23.8 Å². The van der Waals surface area contributed by atoms with Crippen LogP contribution in [0.3, 0.4) is 0 Å². The molecule has 4 rings (SSSR count). The zero-order valence-electron chi connectivity index (χ0n) is 24.2. The number of fused-ring (bicyclic) bond motifs is 3. The van der Waals surface area contributed by atoms with Crippen LogP contribution in [0.15, 0.2) is 78.9 Å². The predicted octanol–water partition coefficient (Wildman–Crippen LogP) is 5.86. The number of hydrogen-bond donors (Lipinski definition) is 2. The molecule has 3 amide bonds. The molecular weight excluding hydrogens is 518 g/mol. The highest BCUT2D eigenvalue weighted by molar-refractivity contribution is 5.85. The second-order valence-corrected chi connectivity index (χ2v) is 11.2.